The number of rotatable bonds is 1. The third-order valence-corrected chi connectivity index (χ3v) is 3.84. The largest absolute Gasteiger partial charge is 0.399 e. The van der Waals surface area contributed by atoms with Crippen LogP contribution in [0.5, 0.6) is 0 Å². The maximum atomic E-state index is 12.2. The second-order valence-electron chi connectivity index (χ2n) is 6.35. The minimum Gasteiger partial charge on any atom is -0.399 e. The van der Waals surface area contributed by atoms with Crippen LogP contribution in [0.4, 0.5) is 16.2 Å². The predicted octanol–water partition coefficient (Wildman–Crippen LogP) is 3.17. The number of nitrogens with zero attached hydrogens (tertiary/aromatic N) is 1. The van der Waals surface area contributed by atoms with Crippen LogP contribution in [-0.4, -0.2) is 24.0 Å². The van der Waals surface area contributed by atoms with Gasteiger partial charge in [-0.25, -0.2) is 4.79 Å². The van der Waals surface area contributed by atoms with E-state index in [9.17, 15) is 4.79 Å². The zero-order chi connectivity index (χ0) is 14.0. The van der Waals surface area contributed by atoms with E-state index in [1.54, 1.807) is 12.1 Å². The fourth-order valence-corrected chi connectivity index (χ4v) is 2.47. The molecule has 1 unspecified atom stereocenters. The molecule has 0 radical (unpaired) electrons. The Bertz CT molecular complexity index is 465. The number of carbonyl (C=O) groups excluding carboxylic acids is 1. The van der Waals surface area contributed by atoms with E-state index in [-0.39, 0.29) is 11.4 Å². The summed E-state index contributed by atoms with van der Waals surface area (Å²) >= 11 is 0. The quantitative estimate of drug-likeness (QED) is 0.763. The van der Waals surface area contributed by atoms with Crippen LogP contribution in [-0.2, 0) is 0 Å². The van der Waals surface area contributed by atoms with Crippen molar-refractivity contribution in [1.82, 2.24) is 4.90 Å². The summed E-state index contributed by atoms with van der Waals surface area (Å²) < 4.78 is 0. The van der Waals surface area contributed by atoms with Crippen molar-refractivity contribution in [2.45, 2.75) is 27.2 Å². The molecule has 4 nitrogen and oxygen atoms in total. The third-order valence-electron chi connectivity index (χ3n) is 3.84. The molecule has 104 valence electrons. The van der Waals surface area contributed by atoms with E-state index in [4.69, 9.17) is 5.73 Å². The highest BCUT2D eigenvalue weighted by atomic mass is 16.2. The molecule has 1 heterocycles. The minimum absolute atomic E-state index is 0.0302. The molecular formula is C15H23N3O. The first-order valence-electron chi connectivity index (χ1n) is 6.78. The van der Waals surface area contributed by atoms with Crippen molar-refractivity contribution in [1.29, 1.82) is 0 Å². The lowest BCUT2D eigenvalue weighted by Gasteiger charge is -2.27. The maximum absolute atomic E-state index is 12.2. The smallest absolute Gasteiger partial charge is 0.321 e. The summed E-state index contributed by atoms with van der Waals surface area (Å²) in [4.78, 5) is 14.1. The van der Waals surface area contributed by atoms with Gasteiger partial charge in [-0.15, -0.1) is 0 Å². The van der Waals surface area contributed by atoms with Crippen LogP contribution in [0.15, 0.2) is 24.3 Å². The summed E-state index contributed by atoms with van der Waals surface area (Å²) in [5.74, 6) is 0.569. The number of nitrogens with one attached hydrogen (secondary N) is 1. The number of nitrogen functional groups attached to an aromatic ring is 1. The average Bonchev–Trinajstić information content (AvgIpc) is 2.77. The Morgan fingerprint density at radius 3 is 2.74 bits per heavy atom. The number of carbonyl (C=O) groups is 1. The van der Waals surface area contributed by atoms with E-state index in [1.807, 2.05) is 17.0 Å². The molecule has 1 aromatic rings. The highest BCUT2D eigenvalue weighted by Gasteiger charge is 2.33. The zero-order valence-electron chi connectivity index (χ0n) is 11.9. The molecule has 0 aromatic heterocycles. The molecule has 0 spiro atoms. The Morgan fingerprint density at radius 1 is 1.42 bits per heavy atom. The number of hydrogen-bond donors (Lipinski definition) is 2. The Balaban J connectivity index is 1.95. The van der Waals surface area contributed by atoms with Crippen LogP contribution in [0.3, 0.4) is 0 Å². The van der Waals surface area contributed by atoms with Crippen LogP contribution in [0.25, 0.3) is 0 Å². The zero-order valence-corrected chi connectivity index (χ0v) is 11.9. The Kier molecular flexibility index (Phi) is 3.69. The van der Waals surface area contributed by atoms with Gasteiger partial charge in [0.1, 0.15) is 0 Å². The monoisotopic (exact) mass is 261 g/mol. The molecule has 3 N–H and O–H groups in total. The third kappa shape index (κ3) is 3.40. The molecule has 0 saturated carbocycles. The van der Waals surface area contributed by atoms with Gasteiger partial charge in [-0.1, -0.05) is 26.8 Å². The molecule has 2 amide bonds. The standard InChI is InChI=1S/C15H23N3O/c1-15(2,3)11-7-8-18(10-11)14(19)17-13-6-4-5-12(16)9-13/h4-6,9,11H,7-8,10,16H2,1-3H3,(H,17,19). The van der Waals surface area contributed by atoms with E-state index in [2.05, 4.69) is 26.1 Å². The molecule has 1 aliphatic rings. The Labute approximate surface area is 115 Å². The Morgan fingerprint density at radius 2 is 2.16 bits per heavy atom. The topological polar surface area (TPSA) is 58.4 Å². The SMILES string of the molecule is CC(C)(C)C1CCN(C(=O)Nc2cccc(N)c2)C1. The lowest BCUT2D eigenvalue weighted by Crippen LogP contribution is -2.34. The average molecular weight is 261 g/mol. The van der Waals surface area contributed by atoms with E-state index in [0.717, 1.165) is 25.2 Å². The number of benzene rings is 1. The molecule has 1 saturated heterocycles. The molecule has 2 rings (SSSR count). The second kappa shape index (κ2) is 5.11. The highest BCUT2D eigenvalue weighted by Crippen LogP contribution is 2.33. The van der Waals surface area contributed by atoms with Gasteiger partial charge in [-0.2, -0.15) is 0 Å². The van der Waals surface area contributed by atoms with Crippen molar-refractivity contribution in [3.05, 3.63) is 24.3 Å². The number of urea groups is 1. The first-order chi connectivity index (χ1) is 8.86. The van der Waals surface area contributed by atoms with E-state index in [1.165, 1.54) is 0 Å². The van der Waals surface area contributed by atoms with Gasteiger partial charge in [0.05, 0.1) is 0 Å². The van der Waals surface area contributed by atoms with Crippen LogP contribution in [0.2, 0.25) is 0 Å². The first-order valence-corrected chi connectivity index (χ1v) is 6.78. The highest BCUT2D eigenvalue weighted by molar-refractivity contribution is 5.90. The number of likely N-dealkylation sites (tertiary alicyclic amines) is 1. The summed E-state index contributed by atoms with van der Waals surface area (Å²) in [6.45, 7) is 8.36. The summed E-state index contributed by atoms with van der Waals surface area (Å²) in [5.41, 5.74) is 7.37. The van der Waals surface area contributed by atoms with Gasteiger partial charge in [0, 0.05) is 24.5 Å². The van der Waals surface area contributed by atoms with E-state index >= 15 is 0 Å². The summed E-state index contributed by atoms with van der Waals surface area (Å²) in [7, 11) is 0. The summed E-state index contributed by atoms with van der Waals surface area (Å²) in [6, 6.07) is 7.24. The summed E-state index contributed by atoms with van der Waals surface area (Å²) in [6.07, 6.45) is 1.08. The molecule has 1 atom stereocenters. The van der Waals surface area contributed by atoms with Gasteiger partial charge >= 0.3 is 6.03 Å². The predicted molar refractivity (Wildman–Crippen MR) is 79.0 cm³/mol. The fraction of sp³-hybridized carbons (Fsp3) is 0.533. The van der Waals surface area contributed by atoms with Gasteiger partial charge in [0.15, 0.2) is 0 Å². The van der Waals surface area contributed by atoms with Gasteiger partial charge < -0.3 is 16.0 Å². The van der Waals surface area contributed by atoms with Crippen LogP contribution < -0.4 is 11.1 Å². The fourth-order valence-electron chi connectivity index (χ4n) is 2.47. The lowest BCUT2D eigenvalue weighted by molar-refractivity contribution is 0.208. The molecule has 1 aromatic carbocycles. The number of hydrogen-bond acceptors (Lipinski definition) is 2. The van der Waals surface area contributed by atoms with E-state index < -0.39 is 0 Å². The number of anilines is 2. The van der Waals surface area contributed by atoms with Crippen LogP contribution in [0.1, 0.15) is 27.2 Å². The minimum atomic E-state index is -0.0302. The first kappa shape index (κ1) is 13.7. The molecule has 0 aliphatic carbocycles. The second-order valence-corrected chi connectivity index (χ2v) is 6.35. The number of nitrogens with two attached hydrogens (primary N) is 1. The molecule has 0 bridgehead atoms. The molecule has 19 heavy (non-hydrogen) atoms. The molecule has 4 heteroatoms. The van der Waals surface area contributed by atoms with Crippen molar-refractivity contribution in [3.63, 3.8) is 0 Å². The maximum Gasteiger partial charge on any atom is 0.321 e. The van der Waals surface area contributed by atoms with Crippen molar-refractivity contribution >= 4 is 17.4 Å². The molecule has 1 fully saturated rings. The molecule has 1 aliphatic heterocycles. The van der Waals surface area contributed by atoms with Gasteiger partial charge in [-0.3, -0.25) is 0 Å². The van der Waals surface area contributed by atoms with Crippen LogP contribution >= 0.6 is 0 Å². The van der Waals surface area contributed by atoms with Crippen molar-refractivity contribution in [2.24, 2.45) is 11.3 Å². The van der Waals surface area contributed by atoms with Gasteiger partial charge in [0.25, 0.3) is 0 Å². The van der Waals surface area contributed by atoms with E-state index in [0.29, 0.717) is 11.6 Å². The van der Waals surface area contributed by atoms with Crippen molar-refractivity contribution in [2.75, 3.05) is 24.1 Å². The molecular weight excluding hydrogens is 238 g/mol. The lowest BCUT2D eigenvalue weighted by atomic mass is 9.80. The van der Waals surface area contributed by atoms with Gasteiger partial charge in [0.2, 0.25) is 0 Å². The number of amides is 2. The van der Waals surface area contributed by atoms with Crippen molar-refractivity contribution < 1.29 is 4.79 Å². The van der Waals surface area contributed by atoms with Crippen LogP contribution in [0, 0.1) is 11.3 Å². The summed E-state index contributed by atoms with van der Waals surface area (Å²) in [5, 5.41) is 2.90. The van der Waals surface area contributed by atoms with Crippen molar-refractivity contribution in [3.8, 4) is 0 Å². The Hall–Kier alpha value is -1.71. The van der Waals surface area contributed by atoms with Gasteiger partial charge in [-0.05, 0) is 36.0 Å². The normalized spacial score (nSPS) is 19.5.